The number of rotatable bonds is 4. The van der Waals surface area contributed by atoms with Gasteiger partial charge >= 0.3 is 5.00 Å². The van der Waals surface area contributed by atoms with E-state index in [9.17, 15) is 19.7 Å². The van der Waals surface area contributed by atoms with Crippen LogP contribution in [0.25, 0.3) is 0 Å². The molecule has 0 aliphatic rings. The lowest BCUT2D eigenvalue weighted by Crippen LogP contribution is -2.14. The Morgan fingerprint density at radius 3 is 2.59 bits per heavy atom. The molecule has 22 heavy (non-hydrogen) atoms. The van der Waals surface area contributed by atoms with Gasteiger partial charge in [-0.1, -0.05) is 6.07 Å². The fraction of sp³-hybridized carbons (Fsp3) is 0.154. The highest BCUT2D eigenvalue weighted by atomic mass is 32.1. The van der Waals surface area contributed by atoms with Crippen LogP contribution in [0.5, 0.6) is 0 Å². The quantitative estimate of drug-likeness (QED) is 0.385. The number of nitrogens with one attached hydrogen (secondary N) is 1. The molecule has 0 saturated heterocycles. The SMILES string of the molecule is CC(=O)c1ccc(C(=O)Nc2nc(C)c([N+](=O)[O-])s2)c(N)c1. The summed E-state index contributed by atoms with van der Waals surface area (Å²) in [7, 11) is 0. The lowest BCUT2D eigenvalue weighted by atomic mass is 10.1. The molecule has 0 unspecified atom stereocenters. The van der Waals surface area contributed by atoms with Gasteiger partial charge in [-0.3, -0.25) is 25.0 Å². The topological polar surface area (TPSA) is 128 Å². The second-order valence-corrected chi connectivity index (χ2v) is 5.46. The predicted octanol–water partition coefficient (Wildman–Crippen LogP) is 2.40. The molecule has 0 atom stereocenters. The minimum atomic E-state index is -0.557. The molecule has 2 aromatic rings. The Hall–Kier alpha value is -2.81. The Balaban J connectivity index is 2.24. The van der Waals surface area contributed by atoms with Crippen LogP contribution in [0.4, 0.5) is 15.8 Å². The van der Waals surface area contributed by atoms with Crippen LogP contribution in [0.15, 0.2) is 18.2 Å². The van der Waals surface area contributed by atoms with Crippen LogP contribution < -0.4 is 11.1 Å². The average Bonchev–Trinajstić information content (AvgIpc) is 2.79. The third kappa shape index (κ3) is 3.09. The number of ketones is 1. The number of nitrogen functional groups attached to an aromatic ring is 1. The first-order valence-corrected chi connectivity index (χ1v) is 6.95. The summed E-state index contributed by atoms with van der Waals surface area (Å²) < 4.78 is 0. The Morgan fingerprint density at radius 1 is 1.41 bits per heavy atom. The smallest absolute Gasteiger partial charge is 0.348 e. The maximum Gasteiger partial charge on any atom is 0.348 e. The van der Waals surface area contributed by atoms with E-state index < -0.39 is 10.8 Å². The van der Waals surface area contributed by atoms with Gasteiger partial charge in [0.15, 0.2) is 10.9 Å². The van der Waals surface area contributed by atoms with E-state index in [-0.39, 0.29) is 32.9 Å². The van der Waals surface area contributed by atoms with Crippen LogP contribution in [0.2, 0.25) is 0 Å². The minimum absolute atomic E-state index is 0.115. The van der Waals surface area contributed by atoms with E-state index in [1.807, 2.05) is 0 Å². The molecule has 1 heterocycles. The van der Waals surface area contributed by atoms with Crippen molar-refractivity contribution in [3.8, 4) is 0 Å². The Morgan fingerprint density at radius 2 is 2.09 bits per heavy atom. The molecular formula is C13H12N4O4S. The van der Waals surface area contributed by atoms with Crippen LogP contribution in [-0.2, 0) is 0 Å². The number of anilines is 2. The summed E-state index contributed by atoms with van der Waals surface area (Å²) in [5, 5.41) is 13.2. The van der Waals surface area contributed by atoms with Crippen LogP contribution in [0.1, 0.15) is 33.3 Å². The van der Waals surface area contributed by atoms with E-state index in [4.69, 9.17) is 5.73 Å². The maximum atomic E-state index is 12.1. The van der Waals surface area contributed by atoms with Crippen molar-refractivity contribution in [2.24, 2.45) is 0 Å². The van der Waals surface area contributed by atoms with E-state index in [1.54, 1.807) is 0 Å². The van der Waals surface area contributed by atoms with Gasteiger partial charge in [0.1, 0.15) is 5.69 Å². The molecule has 0 bridgehead atoms. The summed E-state index contributed by atoms with van der Waals surface area (Å²) in [5.74, 6) is -0.707. The van der Waals surface area contributed by atoms with Crippen LogP contribution in [0.3, 0.4) is 0 Å². The number of carbonyl (C=O) groups excluding carboxylic acids is 2. The zero-order chi connectivity index (χ0) is 16.4. The van der Waals surface area contributed by atoms with Crippen molar-refractivity contribution in [3.63, 3.8) is 0 Å². The molecule has 1 aromatic carbocycles. The zero-order valence-electron chi connectivity index (χ0n) is 11.7. The molecule has 0 aliphatic carbocycles. The van der Waals surface area contributed by atoms with Crippen molar-refractivity contribution in [1.29, 1.82) is 0 Å². The van der Waals surface area contributed by atoms with Crippen LogP contribution in [-0.4, -0.2) is 21.6 Å². The predicted molar refractivity (Wildman–Crippen MR) is 82.3 cm³/mol. The minimum Gasteiger partial charge on any atom is -0.398 e. The fourth-order valence-electron chi connectivity index (χ4n) is 1.76. The van der Waals surface area contributed by atoms with Gasteiger partial charge in [-0.2, -0.15) is 0 Å². The van der Waals surface area contributed by atoms with Gasteiger partial charge in [-0.05, 0) is 37.3 Å². The summed E-state index contributed by atoms with van der Waals surface area (Å²) in [6.07, 6.45) is 0. The summed E-state index contributed by atoms with van der Waals surface area (Å²) in [6, 6.07) is 4.33. The first-order chi connectivity index (χ1) is 10.3. The molecule has 0 spiro atoms. The number of aryl methyl sites for hydroxylation is 1. The number of nitro groups is 1. The van der Waals surface area contributed by atoms with Crippen LogP contribution in [0, 0.1) is 17.0 Å². The number of carbonyl (C=O) groups is 2. The third-order valence-corrected chi connectivity index (χ3v) is 3.89. The number of hydrogen-bond donors (Lipinski definition) is 2. The zero-order valence-corrected chi connectivity index (χ0v) is 12.6. The number of amides is 1. The standard InChI is InChI=1S/C13H12N4O4S/c1-6-12(17(20)21)22-13(15-6)16-11(19)9-4-3-8(7(2)18)5-10(9)14/h3-5H,14H2,1-2H3,(H,15,16,19). The van der Waals surface area contributed by atoms with E-state index in [0.717, 1.165) is 11.3 Å². The molecule has 1 aromatic heterocycles. The summed E-state index contributed by atoms with van der Waals surface area (Å²) >= 11 is 0.767. The Labute approximate surface area is 129 Å². The number of nitrogens with zero attached hydrogens (tertiary/aromatic N) is 2. The highest BCUT2D eigenvalue weighted by molar-refractivity contribution is 7.19. The molecule has 8 nitrogen and oxygen atoms in total. The highest BCUT2D eigenvalue weighted by Gasteiger charge is 2.20. The summed E-state index contributed by atoms with van der Waals surface area (Å²) in [5.41, 5.74) is 6.70. The van der Waals surface area contributed by atoms with Crippen molar-refractivity contribution in [2.75, 3.05) is 11.1 Å². The molecule has 0 radical (unpaired) electrons. The van der Waals surface area contributed by atoms with Gasteiger partial charge in [-0.25, -0.2) is 4.98 Å². The second kappa shape index (κ2) is 5.90. The highest BCUT2D eigenvalue weighted by Crippen LogP contribution is 2.30. The normalized spacial score (nSPS) is 10.3. The second-order valence-electron chi connectivity index (χ2n) is 4.48. The number of benzene rings is 1. The summed E-state index contributed by atoms with van der Waals surface area (Å²) in [4.78, 5) is 37.5. The average molecular weight is 320 g/mol. The number of Topliss-reactive ketones (excluding diaryl/α,β-unsaturated/α-hetero) is 1. The Kier molecular flexibility index (Phi) is 4.18. The van der Waals surface area contributed by atoms with Gasteiger partial charge in [0, 0.05) is 11.3 Å². The number of hydrogen-bond acceptors (Lipinski definition) is 7. The number of thiazole rings is 1. The van der Waals surface area contributed by atoms with Crippen molar-refractivity contribution in [3.05, 3.63) is 45.1 Å². The molecule has 9 heteroatoms. The lowest BCUT2D eigenvalue weighted by Gasteiger charge is -2.06. The molecule has 0 aliphatic heterocycles. The Bertz CT molecular complexity index is 784. The van der Waals surface area contributed by atoms with E-state index >= 15 is 0 Å². The largest absolute Gasteiger partial charge is 0.398 e. The number of nitrogens with two attached hydrogens (primary N) is 1. The number of aromatic nitrogens is 1. The van der Waals surface area contributed by atoms with E-state index in [0.29, 0.717) is 5.56 Å². The first kappa shape index (κ1) is 15.6. The first-order valence-electron chi connectivity index (χ1n) is 6.13. The van der Waals surface area contributed by atoms with Crippen LogP contribution >= 0.6 is 11.3 Å². The molecule has 0 fully saturated rings. The molecule has 114 valence electrons. The van der Waals surface area contributed by atoms with Crippen molar-refractivity contribution < 1.29 is 14.5 Å². The van der Waals surface area contributed by atoms with Crippen molar-refractivity contribution in [2.45, 2.75) is 13.8 Å². The van der Waals surface area contributed by atoms with Gasteiger partial charge in [-0.15, -0.1) is 0 Å². The van der Waals surface area contributed by atoms with Gasteiger partial charge in [0.05, 0.1) is 10.5 Å². The molecule has 1 amide bonds. The van der Waals surface area contributed by atoms with Crippen molar-refractivity contribution >= 4 is 38.8 Å². The van der Waals surface area contributed by atoms with Gasteiger partial charge < -0.3 is 5.73 Å². The van der Waals surface area contributed by atoms with Crippen molar-refractivity contribution in [1.82, 2.24) is 4.98 Å². The third-order valence-electron chi connectivity index (χ3n) is 2.86. The van der Waals surface area contributed by atoms with Gasteiger partial charge in [0.2, 0.25) is 0 Å². The van der Waals surface area contributed by atoms with E-state index in [1.165, 1.54) is 32.0 Å². The maximum absolute atomic E-state index is 12.1. The molecule has 0 saturated carbocycles. The monoisotopic (exact) mass is 320 g/mol. The molecule has 3 N–H and O–H groups in total. The molecular weight excluding hydrogens is 308 g/mol. The van der Waals surface area contributed by atoms with Gasteiger partial charge in [0.25, 0.3) is 5.91 Å². The fourth-order valence-corrected chi connectivity index (χ4v) is 2.54. The summed E-state index contributed by atoms with van der Waals surface area (Å²) in [6.45, 7) is 2.88. The lowest BCUT2D eigenvalue weighted by molar-refractivity contribution is -0.380. The van der Waals surface area contributed by atoms with E-state index in [2.05, 4.69) is 10.3 Å². The molecule has 2 rings (SSSR count).